The molecule has 0 aliphatic rings. The third kappa shape index (κ3) is 9.43. The molecule has 0 aromatic carbocycles. The van der Waals surface area contributed by atoms with Gasteiger partial charge in [-0.05, 0) is 26.2 Å². The largest absolute Gasteiger partial charge is 0.464 e. The monoisotopic (exact) mass is 358 g/mol. The van der Waals surface area contributed by atoms with Gasteiger partial charge in [-0.15, -0.1) is 0 Å². The van der Waals surface area contributed by atoms with Crippen LogP contribution < -0.4 is 10.6 Å². The fraction of sp³-hybridized carbons (Fsp3) is 0.600. The highest BCUT2D eigenvalue weighted by molar-refractivity contribution is 7.98. The van der Waals surface area contributed by atoms with Crippen LogP contribution in [0.2, 0.25) is 0 Å². The van der Waals surface area contributed by atoms with E-state index in [4.69, 9.17) is 9.15 Å². The maximum atomic E-state index is 10.6. The fourth-order valence-electron chi connectivity index (χ4n) is 1.87. The van der Waals surface area contributed by atoms with E-state index in [1.54, 1.807) is 18.9 Å². The van der Waals surface area contributed by atoms with E-state index in [0.29, 0.717) is 25.5 Å². The summed E-state index contributed by atoms with van der Waals surface area (Å²) >= 11 is 1.71. The van der Waals surface area contributed by atoms with Gasteiger partial charge < -0.3 is 24.7 Å². The number of hydrogen-bond donors (Lipinski definition) is 2. The van der Waals surface area contributed by atoms with E-state index >= 15 is 0 Å². The summed E-state index contributed by atoms with van der Waals surface area (Å²) in [6, 6.07) is 3.98. The molecular weight excluding hydrogens is 332 g/mol. The molecule has 0 atom stereocenters. The van der Waals surface area contributed by atoms with Gasteiger partial charge in [0.1, 0.15) is 11.5 Å². The first kappa shape index (κ1) is 20.3. The third-order valence-electron chi connectivity index (χ3n) is 2.85. The standard InChI is InChI=1S/C15H26N4O4S/c1-18(2)10-13-4-5-14(23-13)12-24-9-7-17-15(11-19(20)21)16-6-8-22-3/h4-5,11,16-17H,6-10,12H2,1-3H3. The molecule has 2 N–H and O–H groups in total. The maximum Gasteiger partial charge on any atom is 0.274 e. The molecule has 1 rings (SSSR count). The van der Waals surface area contributed by atoms with Gasteiger partial charge in [-0.25, -0.2) is 0 Å². The lowest BCUT2D eigenvalue weighted by Gasteiger charge is -2.10. The second-order valence-corrected chi connectivity index (χ2v) is 6.44. The highest BCUT2D eigenvalue weighted by Crippen LogP contribution is 2.15. The molecular formula is C15H26N4O4S. The summed E-state index contributed by atoms with van der Waals surface area (Å²) in [6.07, 6.45) is 0.931. The number of thioether (sulfide) groups is 1. The van der Waals surface area contributed by atoms with Crippen molar-refractivity contribution in [3.63, 3.8) is 0 Å². The van der Waals surface area contributed by atoms with Crippen molar-refractivity contribution in [2.24, 2.45) is 0 Å². The first-order chi connectivity index (χ1) is 11.5. The minimum absolute atomic E-state index is 0.393. The van der Waals surface area contributed by atoms with Crippen LogP contribution in [0.15, 0.2) is 28.6 Å². The van der Waals surface area contributed by atoms with E-state index in [2.05, 4.69) is 15.5 Å². The number of nitrogens with one attached hydrogen (secondary N) is 2. The van der Waals surface area contributed by atoms with Crippen LogP contribution in [0.3, 0.4) is 0 Å². The second kappa shape index (κ2) is 11.8. The lowest BCUT2D eigenvalue weighted by atomic mass is 10.4. The predicted octanol–water partition coefficient (Wildman–Crippen LogP) is 1.48. The van der Waals surface area contributed by atoms with E-state index in [1.807, 2.05) is 26.2 Å². The number of nitrogens with zero attached hydrogens (tertiary/aromatic N) is 2. The summed E-state index contributed by atoms with van der Waals surface area (Å²) in [5.41, 5.74) is 0. The van der Waals surface area contributed by atoms with Crippen molar-refractivity contribution in [1.29, 1.82) is 0 Å². The SMILES string of the molecule is COCCNC(=C[N+](=O)[O-])NCCSCc1ccc(CN(C)C)o1. The topological polar surface area (TPSA) is 92.8 Å². The van der Waals surface area contributed by atoms with Crippen LogP contribution in [-0.2, 0) is 17.0 Å². The Bertz CT molecular complexity index is 519. The molecule has 136 valence electrons. The molecule has 0 fully saturated rings. The second-order valence-electron chi connectivity index (χ2n) is 5.33. The lowest BCUT2D eigenvalue weighted by molar-refractivity contribution is -0.404. The molecule has 1 aromatic heterocycles. The number of furan rings is 1. The van der Waals surface area contributed by atoms with Crippen LogP contribution in [0, 0.1) is 10.1 Å². The Morgan fingerprint density at radius 3 is 2.75 bits per heavy atom. The predicted molar refractivity (Wildman–Crippen MR) is 95.2 cm³/mol. The summed E-state index contributed by atoms with van der Waals surface area (Å²) in [5, 5.41) is 16.5. The van der Waals surface area contributed by atoms with Gasteiger partial charge in [-0.1, -0.05) is 0 Å². The van der Waals surface area contributed by atoms with Crippen molar-refractivity contribution in [2.75, 3.05) is 46.7 Å². The number of methoxy groups -OCH3 is 1. The van der Waals surface area contributed by atoms with E-state index in [0.717, 1.165) is 35.8 Å². The van der Waals surface area contributed by atoms with Crippen molar-refractivity contribution >= 4 is 11.8 Å². The third-order valence-corrected chi connectivity index (χ3v) is 3.83. The summed E-state index contributed by atoms with van der Waals surface area (Å²) in [5.74, 6) is 3.87. The Morgan fingerprint density at radius 1 is 1.38 bits per heavy atom. The molecule has 0 saturated carbocycles. The van der Waals surface area contributed by atoms with Crippen LogP contribution in [0.5, 0.6) is 0 Å². The van der Waals surface area contributed by atoms with Gasteiger partial charge in [-0.3, -0.25) is 10.1 Å². The van der Waals surface area contributed by atoms with Crippen molar-refractivity contribution in [2.45, 2.75) is 12.3 Å². The van der Waals surface area contributed by atoms with Gasteiger partial charge in [-0.2, -0.15) is 11.8 Å². The van der Waals surface area contributed by atoms with Gasteiger partial charge in [0.15, 0.2) is 5.82 Å². The minimum Gasteiger partial charge on any atom is -0.464 e. The van der Waals surface area contributed by atoms with Crippen molar-refractivity contribution in [3.05, 3.63) is 45.8 Å². The number of hydrogen-bond acceptors (Lipinski definition) is 8. The Hall–Kier alpha value is -1.71. The van der Waals surface area contributed by atoms with E-state index in [9.17, 15) is 10.1 Å². The molecule has 0 amide bonds. The molecule has 0 aliphatic heterocycles. The Balaban J connectivity index is 2.25. The lowest BCUT2D eigenvalue weighted by Crippen LogP contribution is -2.31. The van der Waals surface area contributed by atoms with Crippen molar-refractivity contribution < 1.29 is 14.1 Å². The van der Waals surface area contributed by atoms with E-state index in [1.165, 1.54) is 0 Å². The van der Waals surface area contributed by atoms with Crippen molar-refractivity contribution in [3.8, 4) is 0 Å². The molecule has 8 nitrogen and oxygen atoms in total. The number of ether oxygens (including phenoxy) is 1. The molecule has 1 aromatic rings. The zero-order chi connectivity index (χ0) is 17.8. The first-order valence-corrected chi connectivity index (χ1v) is 8.78. The zero-order valence-electron chi connectivity index (χ0n) is 14.4. The number of rotatable bonds is 13. The maximum absolute atomic E-state index is 10.6. The Labute approximate surface area is 146 Å². The molecule has 9 heteroatoms. The normalized spacial score (nSPS) is 11.8. The van der Waals surface area contributed by atoms with Gasteiger partial charge in [0.25, 0.3) is 6.20 Å². The summed E-state index contributed by atoms with van der Waals surface area (Å²) in [6.45, 7) is 2.40. The highest BCUT2D eigenvalue weighted by Gasteiger charge is 2.04. The number of nitro groups is 1. The smallest absolute Gasteiger partial charge is 0.274 e. The van der Waals surface area contributed by atoms with E-state index in [-0.39, 0.29) is 0 Å². The highest BCUT2D eigenvalue weighted by atomic mass is 32.2. The van der Waals surface area contributed by atoms with Gasteiger partial charge in [0.05, 0.1) is 23.8 Å². The summed E-state index contributed by atoms with van der Waals surface area (Å²) < 4.78 is 10.6. The van der Waals surface area contributed by atoms with E-state index < -0.39 is 4.92 Å². The van der Waals surface area contributed by atoms with Crippen molar-refractivity contribution in [1.82, 2.24) is 15.5 Å². The van der Waals surface area contributed by atoms with Gasteiger partial charge in [0.2, 0.25) is 0 Å². The molecule has 0 aliphatic carbocycles. The zero-order valence-corrected chi connectivity index (χ0v) is 15.2. The van der Waals surface area contributed by atoms with Crippen LogP contribution in [-0.4, -0.2) is 56.5 Å². The van der Waals surface area contributed by atoms with Crippen LogP contribution >= 0.6 is 11.8 Å². The molecule has 0 bridgehead atoms. The molecule has 24 heavy (non-hydrogen) atoms. The summed E-state index contributed by atoms with van der Waals surface area (Å²) in [4.78, 5) is 12.2. The fourth-order valence-corrected chi connectivity index (χ4v) is 2.62. The van der Waals surface area contributed by atoms with Crippen LogP contribution in [0.25, 0.3) is 0 Å². The molecule has 1 heterocycles. The molecule has 0 saturated heterocycles. The Kier molecular flexibility index (Phi) is 9.97. The van der Waals surface area contributed by atoms with Crippen LogP contribution in [0.4, 0.5) is 0 Å². The molecule has 0 spiro atoms. The first-order valence-electron chi connectivity index (χ1n) is 7.63. The van der Waals surface area contributed by atoms with Gasteiger partial charge in [0, 0.05) is 26.0 Å². The average molecular weight is 358 g/mol. The molecule has 0 radical (unpaired) electrons. The van der Waals surface area contributed by atoms with Crippen LogP contribution in [0.1, 0.15) is 11.5 Å². The molecule has 0 unspecified atom stereocenters. The Morgan fingerprint density at radius 2 is 2.08 bits per heavy atom. The van der Waals surface area contributed by atoms with Gasteiger partial charge >= 0.3 is 0 Å². The minimum atomic E-state index is -0.482. The average Bonchev–Trinajstić information content (AvgIpc) is 2.93. The summed E-state index contributed by atoms with van der Waals surface area (Å²) in [7, 11) is 5.58. The quantitative estimate of drug-likeness (QED) is 0.311.